The molecular formula is C12H23N3O2. The van der Waals surface area contributed by atoms with E-state index >= 15 is 0 Å². The lowest BCUT2D eigenvalue weighted by Crippen LogP contribution is -2.22. The average Bonchev–Trinajstić information content (AvgIpc) is 2.77. The smallest absolute Gasteiger partial charge is 0.157 e. The Balaban J connectivity index is 2.05. The van der Waals surface area contributed by atoms with E-state index in [4.69, 9.17) is 9.47 Å². The van der Waals surface area contributed by atoms with Gasteiger partial charge in [0, 0.05) is 26.3 Å². The Bertz CT molecular complexity index is 300. The number of nitrogens with one attached hydrogen (secondary N) is 1. The van der Waals surface area contributed by atoms with Crippen LogP contribution in [0.2, 0.25) is 0 Å². The Kier molecular flexibility index (Phi) is 6.65. The Morgan fingerprint density at radius 2 is 2.18 bits per heavy atom. The first-order valence-electron chi connectivity index (χ1n) is 6.10. The summed E-state index contributed by atoms with van der Waals surface area (Å²) >= 11 is 0. The summed E-state index contributed by atoms with van der Waals surface area (Å²) in [6.45, 7) is 7.45. The van der Waals surface area contributed by atoms with Crippen LogP contribution in [0.15, 0.2) is 12.4 Å². The highest BCUT2D eigenvalue weighted by Crippen LogP contribution is 2.11. The summed E-state index contributed by atoms with van der Waals surface area (Å²) in [6.07, 6.45) is 4.71. The normalized spacial score (nSPS) is 11.1. The molecule has 0 aromatic carbocycles. The van der Waals surface area contributed by atoms with Crippen molar-refractivity contribution in [2.75, 3.05) is 33.4 Å². The van der Waals surface area contributed by atoms with Gasteiger partial charge in [0.2, 0.25) is 0 Å². The molecule has 17 heavy (non-hydrogen) atoms. The number of hydrogen-bond donors (Lipinski definition) is 1. The molecule has 1 rings (SSSR count). The van der Waals surface area contributed by atoms with Crippen molar-refractivity contribution in [1.82, 2.24) is 15.1 Å². The van der Waals surface area contributed by atoms with Gasteiger partial charge in [-0.15, -0.1) is 0 Å². The zero-order chi connectivity index (χ0) is 12.5. The van der Waals surface area contributed by atoms with Crippen molar-refractivity contribution in [3.8, 4) is 5.75 Å². The van der Waals surface area contributed by atoms with Crippen LogP contribution >= 0.6 is 0 Å². The molecule has 1 aromatic rings. The van der Waals surface area contributed by atoms with Gasteiger partial charge in [0.25, 0.3) is 0 Å². The number of aromatic nitrogens is 2. The molecule has 0 unspecified atom stereocenters. The maximum absolute atomic E-state index is 5.57. The molecule has 5 nitrogen and oxygen atoms in total. The Hall–Kier alpha value is -1.07. The quantitative estimate of drug-likeness (QED) is 0.665. The minimum Gasteiger partial charge on any atom is -0.489 e. The van der Waals surface area contributed by atoms with Crippen molar-refractivity contribution in [3.63, 3.8) is 0 Å². The van der Waals surface area contributed by atoms with Crippen LogP contribution < -0.4 is 10.1 Å². The number of ether oxygens (including phenoxy) is 2. The zero-order valence-corrected chi connectivity index (χ0v) is 11.0. The van der Waals surface area contributed by atoms with Crippen molar-refractivity contribution < 1.29 is 9.47 Å². The lowest BCUT2D eigenvalue weighted by Gasteiger charge is -2.06. The van der Waals surface area contributed by atoms with Crippen LogP contribution in [-0.4, -0.2) is 43.2 Å². The first-order valence-corrected chi connectivity index (χ1v) is 6.10. The molecule has 0 bridgehead atoms. The van der Waals surface area contributed by atoms with E-state index in [1.54, 1.807) is 13.3 Å². The molecule has 1 heterocycles. The number of rotatable bonds is 9. The lowest BCUT2D eigenvalue weighted by molar-refractivity contribution is 0.193. The molecule has 1 aromatic heterocycles. The molecule has 0 aliphatic heterocycles. The molecule has 0 amide bonds. The third-order valence-electron chi connectivity index (χ3n) is 2.36. The van der Waals surface area contributed by atoms with E-state index < -0.39 is 0 Å². The molecule has 0 aliphatic rings. The van der Waals surface area contributed by atoms with Gasteiger partial charge in [0.05, 0.1) is 12.4 Å². The van der Waals surface area contributed by atoms with Crippen LogP contribution in [0.5, 0.6) is 5.75 Å². The van der Waals surface area contributed by atoms with Crippen molar-refractivity contribution in [3.05, 3.63) is 12.4 Å². The van der Waals surface area contributed by atoms with E-state index in [1.807, 2.05) is 10.9 Å². The second-order valence-corrected chi connectivity index (χ2v) is 4.19. The lowest BCUT2D eigenvalue weighted by atomic mass is 10.4. The SMILES string of the molecule is COCCCNCCOc1cnn(C(C)C)c1. The minimum atomic E-state index is 0.375. The van der Waals surface area contributed by atoms with E-state index in [9.17, 15) is 0 Å². The Labute approximate surface area is 103 Å². The number of nitrogens with zero attached hydrogens (tertiary/aromatic N) is 2. The van der Waals surface area contributed by atoms with Crippen LogP contribution in [0, 0.1) is 0 Å². The Morgan fingerprint density at radius 3 is 2.82 bits per heavy atom. The summed E-state index contributed by atoms with van der Waals surface area (Å²) in [5.41, 5.74) is 0. The van der Waals surface area contributed by atoms with Crippen LogP contribution in [-0.2, 0) is 4.74 Å². The van der Waals surface area contributed by atoms with Crippen LogP contribution in [0.25, 0.3) is 0 Å². The topological polar surface area (TPSA) is 48.3 Å². The monoisotopic (exact) mass is 241 g/mol. The second kappa shape index (κ2) is 8.08. The fourth-order valence-corrected chi connectivity index (χ4v) is 1.39. The number of hydrogen-bond acceptors (Lipinski definition) is 4. The van der Waals surface area contributed by atoms with Gasteiger partial charge in [-0.2, -0.15) is 5.10 Å². The molecule has 0 saturated heterocycles. The van der Waals surface area contributed by atoms with Crippen LogP contribution in [0.4, 0.5) is 0 Å². The summed E-state index contributed by atoms with van der Waals surface area (Å²) in [5.74, 6) is 0.831. The predicted molar refractivity (Wildman–Crippen MR) is 67.5 cm³/mol. The van der Waals surface area contributed by atoms with Gasteiger partial charge in [-0.25, -0.2) is 0 Å². The van der Waals surface area contributed by atoms with E-state index in [2.05, 4.69) is 24.3 Å². The molecule has 0 fully saturated rings. The molecule has 0 saturated carbocycles. The Morgan fingerprint density at radius 1 is 1.35 bits per heavy atom. The standard InChI is InChI=1S/C12H23N3O2/c1-11(2)15-10-12(9-14-15)17-8-6-13-5-4-7-16-3/h9-11,13H,4-8H2,1-3H3. The predicted octanol–water partition coefficient (Wildman–Crippen LogP) is 1.47. The zero-order valence-electron chi connectivity index (χ0n) is 11.0. The molecule has 5 heteroatoms. The van der Waals surface area contributed by atoms with Gasteiger partial charge in [-0.3, -0.25) is 4.68 Å². The summed E-state index contributed by atoms with van der Waals surface area (Å²) in [5, 5.41) is 7.50. The van der Waals surface area contributed by atoms with Crippen molar-refractivity contribution in [2.45, 2.75) is 26.3 Å². The van der Waals surface area contributed by atoms with Crippen molar-refractivity contribution >= 4 is 0 Å². The fraction of sp³-hybridized carbons (Fsp3) is 0.750. The van der Waals surface area contributed by atoms with Crippen LogP contribution in [0.3, 0.4) is 0 Å². The van der Waals surface area contributed by atoms with Crippen LogP contribution in [0.1, 0.15) is 26.3 Å². The highest BCUT2D eigenvalue weighted by Gasteiger charge is 2.01. The van der Waals surface area contributed by atoms with Crippen molar-refractivity contribution in [2.24, 2.45) is 0 Å². The van der Waals surface area contributed by atoms with Gasteiger partial charge in [0.1, 0.15) is 6.61 Å². The maximum atomic E-state index is 5.57. The van der Waals surface area contributed by atoms with E-state index in [0.717, 1.165) is 31.9 Å². The minimum absolute atomic E-state index is 0.375. The number of methoxy groups -OCH3 is 1. The molecule has 0 spiro atoms. The van der Waals surface area contributed by atoms with E-state index in [1.165, 1.54) is 0 Å². The largest absolute Gasteiger partial charge is 0.489 e. The van der Waals surface area contributed by atoms with E-state index in [-0.39, 0.29) is 0 Å². The first kappa shape index (κ1) is 14.0. The van der Waals surface area contributed by atoms with E-state index in [0.29, 0.717) is 12.6 Å². The fourth-order valence-electron chi connectivity index (χ4n) is 1.39. The molecule has 0 atom stereocenters. The summed E-state index contributed by atoms with van der Waals surface area (Å²) in [4.78, 5) is 0. The van der Waals surface area contributed by atoms with Gasteiger partial charge < -0.3 is 14.8 Å². The molecule has 1 N–H and O–H groups in total. The first-order chi connectivity index (χ1) is 8.24. The maximum Gasteiger partial charge on any atom is 0.157 e. The molecule has 0 aliphatic carbocycles. The van der Waals surface area contributed by atoms with Gasteiger partial charge in [0.15, 0.2) is 5.75 Å². The van der Waals surface area contributed by atoms with Gasteiger partial charge in [-0.05, 0) is 26.8 Å². The van der Waals surface area contributed by atoms with Gasteiger partial charge in [-0.1, -0.05) is 0 Å². The average molecular weight is 241 g/mol. The second-order valence-electron chi connectivity index (χ2n) is 4.19. The van der Waals surface area contributed by atoms with Crippen molar-refractivity contribution in [1.29, 1.82) is 0 Å². The highest BCUT2D eigenvalue weighted by molar-refractivity contribution is 5.11. The summed E-state index contributed by atoms with van der Waals surface area (Å²) < 4.78 is 12.4. The van der Waals surface area contributed by atoms with Gasteiger partial charge >= 0.3 is 0 Å². The molecule has 0 radical (unpaired) electrons. The molecular weight excluding hydrogens is 218 g/mol. The third kappa shape index (κ3) is 5.70. The summed E-state index contributed by atoms with van der Waals surface area (Å²) in [6, 6.07) is 0.375. The third-order valence-corrected chi connectivity index (χ3v) is 2.36. The highest BCUT2D eigenvalue weighted by atomic mass is 16.5. The summed E-state index contributed by atoms with van der Waals surface area (Å²) in [7, 11) is 1.72. The molecule has 98 valence electrons.